The summed E-state index contributed by atoms with van der Waals surface area (Å²) in [4.78, 5) is 22.0. The summed E-state index contributed by atoms with van der Waals surface area (Å²) in [5.41, 5.74) is 1.13. The number of ether oxygens (including phenoxy) is 1. The fourth-order valence-electron chi connectivity index (χ4n) is 4.86. The number of nitrogens with one attached hydrogen (secondary N) is 2. The second kappa shape index (κ2) is 12.1. The first-order valence-corrected chi connectivity index (χ1v) is 12.2. The third kappa shape index (κ3) is 6.37. The van der Waals surface area contributed by atoms with E-state index in [-0.39, 0.29) is 18.0 Å². The molecular weight excluding hydrogens is 402 g/mol. The number of methoxy groups -OCH3 is 1. The fourth-order valence-corrected chi connectivity index (χ4v) is 4.86. The van der Waals surface area contributed by atoms with Crippen molar-refractivity contribution in [3.8, 4) is 5.75 Å². The SMILES string of the molecule is CCNC(=NCC(c1ccccc1OC)N(C)C)NC1CCN(C(=O)C2CCCCC2)C1. The van der Waals surface area contributed by atoms with Crippen molar-refractivity contribution in [2.24, 2.45) is 10.9 Å². The number of hydrogen-bond donors (Lipinski definition) is 2. The molecule has 0 spiro atoms. The van der Waals surface area contributed by atoms with Crippen LogP contribution in [0.25, 0.3) is 0 Å². The maximum atomic E-state index is 12.9. The van der Waals surface area contributed by atoms with Crippen LogP contribution in [0.15, 0.2) is 29.3 Å². The predicted octanol–water partition coefficient (Wildman–Crippen LogP) is 3.03. The fraction of sp³-hybridized carbons (Fsp3) is 0.680. The van der Waals surface area contributed by atoms with E-state index in [2.05, 4.69) is 47.5 Å². The Morgan fingerprint density at radius 1 is 1.22 bits per heavy atom. The summed E-state index contributed by atoms with van der Waals surface area (Å²) in [5, 5.41) is 6.95. The van der Waals surface area contributed by atoms with Crippen molar-refractivity contribution in [2.45, 2.75) is 57.5 Å². The van der Waals surface area contributed by atoms with E-state index in [4.69, 9.17) is 9.73 Å². The van der Waals surface area contributed by atoms with Gasteiger partial charge in [-0.15, -0.1) is 0 Å². The molecular formula is C25H41N5O2. The van der Waals surface area contributed by atoms with Crippen LogP contribution in [0.4, 0.5) is 0 Å². The number of rotatable bonds is 8. The molecule has 7 heteroatoms. The minimum atomic E-state index is 0.106. The number of benzene rings is 1. The van der Waals surface area contributed by atoms with Crippen molar-refractivity contribution in [1.82, 2.24) is 20.4 Å². The molecule has 1 aromatic carbocycles. The highest BCUT2D eigenvalue weighted by atomic mass is 16.5. The molecule has 2 unspecified atom stereocenters. The van der Waals surface area contributed by atoms with E-state index < -0.39 is 0 Å². The van der Waals surface area contributed by atoms with Crippen molar-refractivity contribution in [2.75, 3.05) is 47.4 Å². The van der Waals surface area contributed by atoms with Crippen molar-refractivity contribution >= 4 is 11.9 Å². The van der Waals surface area contributed by atoms with E-state index in [1.165, 1.54) is 19.3 Å². The second-order valence-electron chi connectivity index (χ2n) is 9.19. The van der Waals surface area contributed by atoms with Crippen molar-refractivity contribution < 1.29 is 9.53 Å². The first-order valence-electron chi connectivity index (χ1n) is 12.2. The summed E-state index contributed by atoms with van der Waals surface area (Å²) < 4.78 is 5.58. The molecule has 1 heterocycles. The van der Waals surface area contributed by atoms with Crippen LogP contribution in [0.2, 0.25) is 0 Å². The summed E-state index contributed by atoms with van der Waals surface area (Å²) in [5.74, 6) is 2.30. The summed E-state index contributed by atoms with van der Waals surface area (Å²) in [6.07, 6.45) is 6.76. The number of amides is 1. The lowest BCUT2D eigenvalue weighted by molar-refractivity contribution is -0.135. The largest absolute Gasteiger partial charge is 0.496 e. The number of para-hydroxylation sites is 1. The van der Waals surface area contributed by atoms with Gasteiger partial charge in [-0.2, -0.15) is 0 Å². The molecule has 1 saturated heterocycles. The normalized spacial score (nSPS) is 21.0. The highest BCUT2D eigenvalue weighted by Crippen LogP contribution is 2.28. The van der Waals surface area contributed by atoms with Gasteiger partial charge in [0.2, 0.25) is 5.91 Å². The number of carbonyl (C=O) groups is 1. The van der Waals surface area contributed by atoms with Crippen LogP contribution >= 0.6 is 0 Å². The molecule has 2 fully saturated rings. The van der Waals surface area contributed by atoms with E-state index in [1.807, 2.05) is 18.2 Å². The number of carbonyl (C=O) groups excluding carboxylic acids is 1. The van der Waals surface area contributed by atoms with E-state index in [1.54, 1.807) is 7.11 Å². The maximum absolute atomic E-state index is 12.9. The topological polar surface area (TPSA) is 69.2 Å². The van der Waals surface area contributed by atoms with E-state index >= 15 is 0 Å². The Morgan fingerprint density at radius 2 is 1.97 bits per heavy atom. The number of likely N-dealkylation sites (tertiary alicyclic amines) is 1. The number of aliphatic imine (C=N–C) groups is 1. The molecule has 2 N–H and O–H groups in total. The third-order valence-electron chi connectivity index (χ3n) is 6.68. The summed E-state index contributed by atoms with van der Waals surface area (Å²) in [6.45, 7) is 5.09. The van der Waals surface area contributed by atoms with Crippen molar-refractivity contribution in [3.63, 3.8) is 0 Å². The van der Waals surface area contributed by atoms with Gasteiger partial charge in [0.25, 0.3) is 0 Å². The molecule has 2 atom stereocenters. The zero-order valence-corrected chi connectivity index (χ0v) is 20.3. The van der Waals surface area contributed by atoms with Gasteiger partial charge in [0, 0.05) is 37.2 Å². The average molecular weight is 444 g/mol. The Bertz CT molecular complexity index is 760. The Labute approximate surface area is 193 Å². The van der Waals surface area contributed by atoms with Crippen LogP contribution in [-0.4, -0.2) is 75.1 Å². The Morgan fingerprint density at radius 3 is 2.66 bits per heavy atom. The number of guanidine groups is 1. The lowest BCUT2D eigenvalue weighted by Gasteiger charge is -2.27. The molecule has 1 aliphatic heterocycles. The van der Waals surface area contributed by atoms with Crippen LogP contribution in [0.5, 0.6) is 5.75 Å². The van der Waals surface area contributed by atoms with Crippen LogP contribution in [0.3, 0.4) is 0 Å². The second-order valence-corrected chi connectivity index (χ2v) is 9.19. The Hall–Kier alpha value is -2.28. The van der Waals surface area contributed by atoms with Gasteiger partial charge >= 0.3 is 0 Å². The smallest absolute Gasteiger partial charge is 0.225 e. The molecule has 178 valence electrons. The summed E-state index contributed by atoms with van der Waals surface area (Å²) in [6, 6.07) is 8.47. The third-order valence-corrected chi connectivity index (χ3v) is 6.68. The molecule has 3 rings (SSSR count). The quantitative estimate of drug-likeness (QED) is 0.477. The van der Waals surface area contributed by atoms with Gasteiger partial charge in [0.05, 0.1) is 19.7 Å². The monoisotopic (exact) mass is 443 g/mol. The molecule has 0 radical (unpaired) electrons. The van der Waals surface area contributed by atoms with Crippen LogP contribution < -0.4 is 15.4 Å². The average Bonchev–Trinajstić information content (AvgIpc) is 3.28. The van der Waals surface area contributed by atoms with Crippen LogP contribution in [-0.2, 0) is 4.79 Å². The standard InChI is InChI=1S/C25H41N5O2/c1-5-26-25(27-17-22(29(2)3)21-13-9-10-14-23(21)32-4)28-20-15-16-30(18-20)24(31)19-11-7-6-8-12-19/h9-10,13-14,19-20,22H,5-8,11-12,15-18H2,1-4H3,(H2,26,27,28). The summed E-state index contributed by atoms with van der Waals surface area (Å²) >= 11 is 0. The van der Waals surface area contributed by atoms with Crippen molar-refractivity contribution in [3.05, 3.63) is 29.8 Å². The molecule has 1 aliphatic carbocycles. The van der Waals surface area contributed by atoms with Gasteiger partial charge in [0.15, 0.2) is 5.96 Å². The van der Waals surface area contributed by atoms with Gasteiger partial charge < -0.3 is 25.2 Å². The molecule has 0 aromatic heterocycles. The first kappa shape index (κ1) is 24.4. The molecule has 7 nitrogen and oxygen atoms in total. The van der Waals surface area contributed by atoms with E-state index in [9.17, 15) is 4.79 Å². The van der Waals surface area contributed by atoms with E-state index in [0.29, 0.717) is 12.5 Å². The Kier molecular flexibility index (Phi) is 9.21. The van der Waals surface area contributed by atoms with Gasteiger partial charge in [-0.1, -0.05) is 37.5 Å². The molecule has 2 aliphatic rings. The first-order chi connectivity index (χ1) is 15.5. The highest BCUT2D eigenvalue weighted by Gasteiger charge is 2.31. The minimum absolute atomic E-state index is 0.106. The Balaban J connectivity index is 1.62. The van der Waals surface area contributed by atoms with E-state index in [0.717, 1.165) is 56.2 Å². The molecule has 0 bridgehead atoms. The molecule has 1 saturated carbocycles. The van der Waals surface area contributed by atoms with Gasteiger partial charge in [0.1, 0.15) is 5.75 Å². The number of hydrogen-bond acceptors (Lipinski definition) is 4. The lowest BCUT2D eigenvalue weighted by Crippen LogP contribution is -2.46. The minimum Gasteiger partial charge on any atom is -0.496 e. The maximum Gasteiger partial charge on any atom is 0.225 e. The van der Waals surface area contributed by atoms with Crippen LogP contribution in [0.1, 0.15) is 57.1 Å². The van der Waals surface area contributed by atoms with Gasteiger partial charge in [-0.3, -0.25) is 9.79 Å². The van der Waals surface area contributed by atoms with Gasteiger partial charge in [-0.25, -0.2) is 0 Å². The molecule has 32 heavy (non-hydrogen) atoms. The molecule has 1 amide bonds. The highest BCUT2D eigenvalue weighted by molar-refractivity contribution is 5.81. The van der Waals surface area contributed by atoms with Crippen molar-refractivity contribution in [1.29, 1.82) is 0 Å². The summed E-state index contributed by atoms with van der Waals surface area (Å²) in [7, 11) is 5.85. The van der Waals surface area contributed by atoms with Gasteiger partial charge in [-0.05, 0) is 46.3 Å². The zero-order valence-electron chi connectivity index (χ0n) is 20.3. The zero-order chi connectivity index (χ0) is 22.9. The predicted molar refractivity (Wildman–Crippen MR) is 130 cm³/mol. The van der Waals surface area contributed by atoms with Crippen LogP contribution in [0, 0.1) is 5.92 Å². The number of likely N-dealkylation sites (N-methyl/N-ethyl adjacent to an activating group) is 1. The lowest BCUT2D eigenvalue weighted by atomic mass is 9.88. The number of nitrogens with zero attached hydrogens (tertiary/aromatic N) is 3. The molecule has 1 aromatic rings.